The van der Waals surface area contributed by atoms with Crippen LogP contribution in [-0.2, 0) is 13.6 Å². The molecule has 4 rings (SSSR count). The lowest BCUT2D eigenvalue weighted by Crippen LogP contribution is -2.23. The van der Waals surface area contributed by atoms with Gasteiger partial charge in [0.15, 0.2) is 5.65 Å². The number of fused-ring (bicyclic) bond motifs is 1. The summed E-state index contributed by atoms with van der Waals surface area (Å²) in [5.41, 5.74) is 3.75. The molecule has 1 N–H and O–H groups in total. The fourth-order valence-electron chi connectivity index (χ4n) is 3.04. The zero-order chi connectivity index (χ0) is 20.5. The molecule has 0 fully saturated rings. The Morgan fingerprint density at radius 3 is 2.79 bits per heavy atom. The summed E-state index contributed by atoms with van der Waals surface area (Å²) in [6, 6.07) is 7.92. The highest BCUT2D eigenvalue weighted by atomic mass is 16.6. The number of nitrogens with zero attached hydrogens (tertiary/aromatic N) is 6. The molecule has 1 amide bonds. The first-order valence-corrected chi connectivity index (χ1v) is 8.79. The van der Waals surface area contributed by atoms with Crippen LogP contribution in [-0.4, -0.2) is 35.2 Å². The van der Waals surface area contributed by atoms with Gasteiger partial charge in [-0.3, -0.25) is 19.6 Å². The van der Waals surface area contributed by atoms with Crippen LogP contribution in [0.1, 0.15) is 21.6 Å². The van der Waals surface area contributed by atoms with E-state index in [1.54, 1.807) is 35.3 Å². The van der Waals surface area contributed by atoms with Crippen molar-refractivity contribution < 1.29 is 9.72 Å². The predicted molar refractivity (Wildman–Crippen MR) is 104 cm³/mol. The van der Waals surface area contributed by atoms with E-state index in [2.05, 4.69) is 20.5 Å². The van der Waals surface area contributed by atoms with Crippen LogP contribution < -0.4 is 5.32 Å². The number of carbonyl (C=O) groups is 1. The summed E-state index contributed by atoms with van der Waals surface area (Å²) in [5.74, 6) is -0.313. The lowest BCUT2D eigenvalue weighted by Gasteiger charge is -2.06. The van der Waals surface area contributed by atoms with Crippen molar-refractivity contribution in [2.24, 2.45) is 7.05 Å². The van der Waals surface area contributed by atoms with E-state index in [1.165, 1.54) is 22.8 Å². The number of nitro benzene ring substituents is 1. The first-order valence-electron chi connectivity index (χ1n) is 8.79. The Hall–Kier alpha value is -4.08. The van der Waals surface area contributed by atoms with Crippen LogP contribution in [0.15, 0.2) is 48.9 Å². The number of carbonyl (C=O) groups excluding carboxylic acids is 1. The molecule has 0 radical (unpaired) electrons. The molecule has 0 aliphatic rings. The van der Waals surface area contributed by atoms with Gasteiger partial charge in [0.05, 0.1) is 23.0 Å². The van der Waals surface area contributed by atoms with E-state index in [-0.39, 0.29) is 11.6 Å². The monoisotopic (exact) mass is 391 g/mol. The van der Waals surface area contributed by atoms with Crippen LogP contribution in [0.25, 0.3) is 16.9 Å². The van der Waals surface area contributed by atoms with Gasteiger partial charge in [-0.05, 0) is 13.0 Å². The summed E-state index contributed by atoms with van der Waals surface area (Å²) in [6.45, 7) is 2.26. The number of benzene rings is 1. The smallest absolute Gasteiger partial charge is 0.270 e. The number of amides is 1. The Balaban J connectivity index is 1.65. The number of hydrogen-bond acceptors (Lipinski definition) is 6. The van der Waals surface area contributed by atoms with E-state index in [0.29, 0.717) is 29.0 Å². The second-order valence-electron chi connectivity index (χ2n) is 6.49. The van der Waals surface area contributed by atoms with Crippen molar-refractivity contribution in [1.29, 1.82) is 0 Å². The maximum atomic E-state index is 12.7. The maximum Gasteiger partial charge on any atom is 0.270 e. The quantitative estimate of drug-likeness (QED) is 0.412. The van der Waals surface area contributed by atoms with Gasteiger partial charge in [-0.25, -0.2) is 9.50 Å². The Morgan fingerprint density at radius 2 is 2.07 bits per heavy atom. The molecule has 1 aromatic carbocycles. The molecule has 10 nitrogen and oxygen atoms in total. The SMILES string of the molecule is Cc1c(CNC(=O)c2cnn3c(-c4cccc([N+](=O)[O-])c4)ccnc23)cnn1C. The highest BCUT2D eigenvalue weighted by molar-refractivity contribution is 5.99. The molecule has 3 aromatic heterocycles. The molecule has 0 saturated heterocycles. The van der Waals surface area contributed by atoms with Gasteiger partial charge >= 0.3 is 0 Å². The Morgan fingerprint density at radius 1 is 1.24 bits per heavy atom. The van der Waals surface area contributed by atoms with Gasteiger partial charge in [0.2, 0.25) is 0 Å². The molecule has 0 aliphatic heterocycles. The van der Waals surface area contributed by atoms with Crippen molar-refractivity contribution in [3.8, 4) is 11.3 Å². The summed E-state index contributed by atoms with van der Waals surface area (Å²) >= 11 is 0. The van der Waals surface area contributed by atoms with Crippen molar-refractivity contribution in [2.45, 2.75) is 13.5 Å². The first-order chi connectivity index (χ1) is 14.0. The highest BCUT2D eigenvalue weighted by Crippen LogP contribution is 2.24. The number of nitro groups is 1. The van der Waals surface area contributed by atoms with Gasteiger partial charge in [0.1, 0.15) is 5.56 Å². The van der Waals surface area contributed by atoms with E-state index < -0.39 is 4.92 Å². The molecule has 29 heavy (non-hydrogen) atoms. The van der Waals surface area contributed by atoms with Gasteiger partial charge in [0, 0.05) is 48.7 Å². The van der Waals surface area contributed by atoms with Crippen molar-refractivity contribution >= 4 is 17.2 Å². The van der Waals surface area contributed by atoms with Crippen molar-refractivity contribution in [1.82, 2.24) is 29.7 Å². The minimum Gasteiger partial charge on any atom is -0.348 e. The van der Waals surface area contributed by atoms with Gasteiger partial charge in [-0.15, -0.1) is 0 Å². The standard InChI is InChI=1S/C19H17N7O3/c1-12-14(10-22-24(12)2)9-21-19(27)16-11-23-25-17(6-7-20-18(16)25)13-4-3-5-15(8-13)26(28)29/h3-8,10-11H,9H2,1-2H3,(H,21,27). The van der Waals surface area contributed by atoms with Crippen molar-refractivity contribution in [2.75, 3.05) is 0 Å². The minimum absolute atomic E-state index is 0.0237. The Bertz CT molecular complexity index is 1240. The van der Waals surface area contributed by atoms with E-state index in [1.807, 2.05) is 14.0 Å². The largest absolute Gasteiger partial charge is 0.348 e. The van der Waals surface area contributed by atoms with Crippen LogP contribution in [0.2, 0.25) is 0 Å². The number of rotatable bonds is 5. The van der Waals surface area contributed by atoms with Crippen molar-refractivity contribution in [3.05, 3.63) is 75.9 Å². The molecule has 0 bridgehead atoms. The molecule has 146 valence electrons. The average Bonchev–Trinajstić information content (AvgIpc) is 3.30. The molecule has 0 saturated carbocycles. The zero-order valence-corrected chi connectivity index (χ0v) is 15.7. The van der Waals surface area contributed by atoms with Crippen LogP contribution in [0, 0.1) is 17.0 Å². The summed E-state index contributed by atoms with van der Waals surface area (Å²) in [7, 11) is 1.84. The molecule has 3 heterocycles. The number of nitrogens with one attached hydrogen (secondary N) is 1. The van der Waals surface area contributed by atoms with Crippen LogP contribution >= 0.6 is 0 Å². The van der Waals surface area contributed by atoms with E-state index in [9.17, 15) is 14.9 Å². The Kier molecular flexibility index (Phi) is 4.51. The molecular weight excluding hydrogens is 374 g/mol. The molecule has 0 aliphatic carbocycles. The molecule has 0 spiro atoms. The number of aryl methyl sites for hydroxylation is 1. The van der Waals surface area contributed by atoms with E-state index in [0.717, 1.165) is 11.3 Å². The van der Waals surface area contributed by atoms with Gasteiger partial charge in [-0.2, -0.15) is 10.2 Å². The molecule has 0 atom stereocenters. The summed E-state index contributed by atoms with van der Waals surface area (Å²) in [5, 5.41) is 22.4. The fraction of sp³-hybridized carbons (Fsp3) is 0.158. The molecular formula is C19H17N7O3. The fourth-order valence-corrected chi connectivity index (χ4v) is 3.04. The van der Waals surface area contributed by atoms with Gasteiger partial charge in [0.25, 0.3) is 11.6 Å². The van der Waals surface area contributed by atoms with Crippen LogP contribution in [0.3, 0.4) is 0 Å². The first kappa shape index (κ1) is 18.3. The zero-order valence-electron chi connectivity index (χ0n) is 15.7. The molecule has 10 heteroatoms. The van der Waals surface area contributed by atoms with Crippen LogP contribution in [0.4, 0.5) is 5.69 Å². The van der Waals surface area contributed by atoms with Gasteiger partial charge in [-0.1, -0.05) is 12.1 Å². The maximum absolute atomic E-state index is 12.7. The minimum atomic E-state index is -0.454. The highest BCUT2D eigenvalue weighted by Gasteiger charge is 2.17. The lowest BCUT2D eigenvalue weighted by atomic mass is 10.1. The topological polar surface area (TPSA) is 120 Å². The number of aromatic nitrogens is 5. The Labute approximate surface area is 165 Å². The normalized spacial score (nSPS) is 11.0. The lowest BCUT2D eigenvalue weighted by molar-refractivity contribution is -0.384. The second-order valence-corrected chi connectivity index (χ2v) is 6.49. The third kappa shape index (κ3) is 3.31. The summed E-state index contributed by atoms with van der Waals surface area (Å²) in [6.07, 6.45) is 4.70. The summed E-state index contributed by atoms with van der Waals surface area (Å²) in [4.78, 5) is 27.6. The molecule has 4 aromatic rings. The predicted octanol–water partition coefficient (Wildman–Crippen LogP) is 2.28. The third-order valence-electron chi connectivity index (χ3n) is 4.77. The second kappa shape index (κ2) is 7.15. The molecule has 0 unspecified atom stereocenters. The van der Waals surface area contributed by atoms with Crippen molar-refractivity contribution in [3.63, 3.8) is 0 Å². The third-order valence-corrected chi connectivity index (χ3v) is 4.77. The van der Waals surface area contributed by atoms with Crippen LogP contribution in [0.5, 0.6) is 0 Å². The van der Waals surface area contributed by atoms with E-state index >= 15 is 0 Å². The van der Waals surface area contributed by atoms with E-state index in [4.69, 9.17) is 0 Å². The number of hydrogen-bond donors (Lipinski definition) is 1. The average molecular weight is 391 g/mol. The number of non-ortho nitro benzene ring substituents is 1. The van der Waals surface area contributed by atoms with Gasteiger partial charge < -0.3 is 5.32 Å². The summed E-state index contributed by atoms with van der Waals surface area (Å²) < 4.78 is 3.24.